The van der Waals surface area contributed by atoms with Crippen LogP contribution < -0.4 is 4.90 Å². The van der Waals surface area contributed by atoms with Crippen molar-refractivity contribution in [1.82, 2.24) is 0 Å². The van der Waals surface area contributed by atoms with E-state index in [-0.39, 0.29) is 5.82 Å². The maximum absolute atomic E-state index is 13.7. The van der Waals surface area contributed by atoms with Crippen molar-refractivity contribution in [3.8, 4) is 0 Å². The second-order valence-corrected chi connectivity index (χ2v) is 4.79. The molecule has 0 atom stereocenters. The average Bonchev–Trinajstić information content (AvgIpc) is 2.25. The third-order valence-electron chi connectivity index (χ3n) is 2.62. The summed E-state index contributed by atoms with van der Waals surface area (Å²) in [6, 6.07) is 5.18. The number of halogens is 2. The van der Waals surface area contributed by atoms with E-state index in [0.717, 1.165) is 18.5 Å². The Bertz CT molecular complexity index is 339. The average molecular weight is 244 g/mol. The number of hydrogen-bond acceptors (Lipinski definition) is 1. The molecule has 0 unspecified atom stereocenters. The van der Waals surface area contributed by atoms with Crippen molar-refractivity contribution in [3.63, 3.8) is 0 Å². The molecule has 0 saturated carbocycles. The lowest BCUT2D eigenvalue weighted by Gasteiger charge is -2.21. The van der Waals surface area contributed by atoms with Crippen LogP contribution in [0.1, 0.15) is 25.8 Å². The summed E-state index contributed by atoms with van der Waals surface area (Å²) in [7, 11) is 1.92. The first-order valence-corrected chi connectivity index (χ1v) is 6.13. The lowest BCUT2D eigenvalue weighted by Crippen LogP contribution is -2.21. The lowest BCUT2D eigenvalue weighted by atomic mass is 10.1. The minimum Gasteiger partial charge on any atom is -0.372 e. The fourth-order valence-electron chi connectivity index (χ4n) is 1.52. The van der Waals surface area contributed by atoms with Gasteiger partial charge < -0.3 is 4.90 Å². The van der Waals surface area contributed by atoms with E-state index in [0.29, 0.717) is 17.5 Å². The molecule has 0 aliphatic heterocycles. The molecule has 0 aliphatic carbocycles. The molecule has 0 fully saturated rings. The Morgan fingerprint density at radius 1 is 1.38 bits per heavy atom. The minimum absolute atomic E-state index is 0.190. The predicted molar refractivity (Wildman–Crippen MR) is 68.7 cm³/mol. The molecule has 0 aliphatic rings. The van der Waals surface area contributed by atoms with Gasteiger partial charge in [-0.15, -0.1) is 11.6 Å². The summed E-state index contributed by atoms with van der Waals surface area (Å²) in [6.45, 7) is 5.20. The summed E-state index contributed by atoms with van der Waals surface area (Å²) in [5.41, 5.74) is 1.47. The highest BCUT2D eigenvalue weighted by Crippen LogP contribution is 2.21. The maximum atomic E-state index is 13.7. The Morgan fingerprint density at radius 3 is 2.56 bits per heavy atom. The molecule has 0 heterocycles. The Labute approximate surface area is 102 Å². The van der Waals surface area contributed by atoms with E-state index in [4.69, 9.17) is 11.6 Å². The first-order chi connectivity index (χ1) is 7.54. The van der Waals surface area contributed by atoms with Gasteiger partial charge in [0.25, 0.3) is 0 Å². The zero-order valence-electron chi connectivity index (χ0n) is 10.1. The second kappa shape index (κ2) is 6.09. The lowest BCUT2D eigenvalue weighted by molar-refractivity contribution is 0.574. The quantitative estimate of drug-likeness (QED) is 0.706. The van der Waals surface area contributed by atoms with Crippen LogP contribution in [-0.4, -0.2) is 13.6 Å². The number of alkyl halides is 1. The van der Waals surface area contributed by atoms with Gasteiger partial charge in [0.15, 0.2) is 0 Å². The van der Waals surface area contributed by atoms with E-state index in [2.05, 4.69) is 13.8 Å². The molecule has 1 rings (SSSR count). The predicted octanol–water partition coefficient (Wildman–Crippen LogP) is 4.05. The summed E-state index contributed by atoms with van der Waals surface area (Å²) in [6.07, 6.45) is 1.06. The molecule has 3 heteroatoms. The van der Waals surface area contributed by atoms with Crippen LogP contribution in [0.5, 0.6) is 0 Å². The van der Waals surface area contributed by atoms with E-state index in [1.807, 2.05) is 18.0 Å². The topological polar surface area (TPSA) is 3.24 Å². The highest BCUT2D eigenvalue weighted by Gasteiger charge is 2.08. The summed E-state index contributed by atoms with van der Waals surface area (Å²) in [5.74, 6) is 0.796. The van der Waals surface area contributed by atoms with E-state index in [1.54, 1.807) is 6.07 Å². The Hall–Kier alpha value is -0.760. The van der Waals surface area contributed by atoms with Crippen LogP contribution in [0.4, 0.5) is 10.1 Å². The first-order valence-electron chi connectivity index (χ1n) is 5.60. The van der Waals surface area contributed by atoms with Gasteiger partial charge in [-0.05, 0) is 30.0 Å². The van der Waals surface area contributed by atoms with Crippen molar-refractivity contribution in [2.24, 2.45) is 5.92 Å². The standard InChI is InChI=1S/C13H19ClFN/c1-10(2)6-7-16(3)13-5-4-11(9-14)8-12(13)15/h4-5,8,10H,6-7,9H2,1-3H3. The molecule has 16 heavy (non-hydrogen) atoms. The van der Waals surface area contributed by atoms with Gasteiger partial charge >= 0.3 is 0 Å². The molecule has 0 radical (unpaired) electrons. The summed E-state index contributed by atoms with van der Waals surface area (Å²) in [5, 5.41) is 0. The molecule has 1 aromatic rings. The van der Waals surface area contributed by atoms with Crippen molar-refractivity contribution in [3.05, 3.63) is 29.6 Å². The van der Waals surface area contributed by atoms with Gasteiger partial charge in [0, 0.05) is 19.5 Å². The van der Waals surface area contributed by atoms with Crippen molar-refractivity contribution < 1.29 is 4.39 Å². The van der Waals surface area contributed by atoms with Gasteiger partial charge in [-0.2, -0.15) is 0 Å². The van der Waals surface area contributed by atoms with Gasteiger partial charge in [0.1, 0.15) is 5.82 Å². The maximum Gasteiger partial charge on any atom is 0.146 e. The van der Waals surface area contributed by atoms with Crippen molar-refractivity contribution in [2.75, 3.05) is 18.5 Å². The molecule has 0 amide bonds. The molecular formula is C13H19ClFN. The Kier molecular flexibility index (Phi) is 5.07. The molecule has 0 saturated heterocycles. The fourth-order valence-corrected chi connectivity index (χ4v) is 1.68. The number of hydrogen-bond donors (Lipinski definition) is 0. The summed E-state index contributed by atoms with van der Waals surface area (Å²) < 4.78 is 13.7. The number of anilines is 1. The van der Waals surface area contributed by atoms with Crippen LogP contribution in [0.3, 0.4) is 0 Å². The first kappa shape index (κ1) is 13.3. The molecule has 90 valence electrons. The molecule has 0 N–H and O–H groups in total. The largest absolute Gasteiger partial charge is 0.372 e. The van der Waals surface area contributed by atoms with Gasteiger partial charge in [-0.1, -0.05) is 19.9 Å². The number of rotatable bonds is 5. The highest BCUT2D eigenvalue weighted by atomic mass is 35.5. The Morgan fingerprint density at radius 2 is 2.06 bits per heavy atom. The van der Waals surface area contributed by atoms with E-state index >= 15 is 0 Å². The van der Waals surface area contributed by atoms with Crippen molar-refractivity contribution >= 4 is 17.3 Å². The van der Waals surface area contributed by atoms with Crippen molar-refractivity contribution in [1.29, 1.82) is 0 Å². The zero-order valence-corrected chi connectivity index (χ0v) is 10.9. The summed E-state index contributed by atoms with van der Waals surface area (Å²) >= 11 is 5.65. The van der Waals surface area contributed by atoms with Crippen LogP contribution in [-0.2, 0) is 5.88 Å². The van der Waals surface area contributed by atoms with Crippen LogP contribution in [0.25, 0.3) is 0 Å². The van der Waals surface area contributed by atoms with Crippen LogP contribution >= 0.6 is 11.6 Å². The Balaban J connectivity index is 2.71. The minimum atomic E-state index is -0.190. The third-order valence-corrected chi connectivity index (χ3v) is 2.93. The van der Waals surface area contributed by atoms with E-state index in [9.17, 15) is 4.39 Å². The normalized spacial score (nSPS) is 10.9. The highest BCUT2D eigenvalue weighted by molar-refractivity contribution is 6.17. The third kappa shape index (κ3) is 3.67. The SMILES string of the molecule is CC(C)CCN(C)c1ccc(CCl)cc1F. The summed E-state index contributed by atoms with van der Waals surface area (Å²) in [4.78, 5) is 1.95. The molecule has 0 bridgehead atoms. The van der Waals surface area contributed by atoms with Crippen molar-refractivity contribution in [2.45, 2.75) is 26.1 Å². The monoisotopic (exact) mass is 243 g/mol. The van der Waals surface area contributed by atoms with Gasteiger partial charge in [0.2, 0.25) is 0 Å². The van der Waals surface area contributed by atoms with E-state index < -0.39 is 0 Å². The fraction of sp³-hybridized carbons (Fsp3) is 0.538. The van der Waals surface area contributed by atoms with Gasteiger partial charge in [0.05, 0.1) is 5.69 Å². The van der Waals surface area contributed by atoms with Gasteiger partial charge in [-0.3, -0.25) is 0 Å². The smallest absolute Gasteiger partial charge is 0.146 e. The number of benzene rings is 1. The second-order valence-electron chi connectivity index (χ2n) is 4.52. The van der Waals surface area contributed by atoms with Crippen LogP contribution in [0, 0.1) is 11.7 Å². The van der Waals surface area contributed by atoms with Gasteiger partial charge in [-0.25, -0.2) is 4.39 Å². The van der Waals surface area contributed by atoms with Crippen LogP contribution in [0.2, 0.25) is 0 Å². The zero-order chi connectivity index (χ0) is 12.1. The van der Waals surface area contributed by atoms with E-state index in [1.165, 1.54) is 6.07 Å². The molecule has 0 aromatic heterocycles. The molecular weight excluding hydrogens is 225 g/mol. The molecule has 1 aromatic carbocycles. The molecule has 1 nitrogen and oxygen atoms in total. The number of nitrogens with zero attached hydrogens (tertiary/aromatic N) is 1. The van der Waals surface area contributed by atoms with Crippen LogP contribution in [0.15, 0.2) is 18.2 Å². The molecule has 0 spiro atoms.